The molecule has 0 aliphatic carbocycles. The standard InChI is InChI=1S/C19H17Cl2NO4/c1-2-26-19(25)18(24)11-17(23)6-5-16-4-3-7-22(16)12-13-8-14(20)10-15(21)9-13/h3-10H,2,11-12H2,1H3/b6-5+. The number of ketones is 2. The third-order valence-corrected chi connectivity index (χ3v) is 3.85. The summed E-state index contributed by atoms with van der Waals surface area (Å²) in [4.78, 5) is 34.6. The van der Waals surface area contributed by atoms with Gasteiger partial charge in [0.05, 0.1) is 13.0 Å². The van der Waals surface area contributed by atoms with E-state index in [-0.39, 0.29) is 6.61 Å². The maximum Gasteiger partial charge on any atom is 0.375 e. The Labute approximate surface area is 161 Å². The molecule has 0 amide bonds. The van der Waals surface area contributed by atoms with Crippen molar-refractivity contribution in [2.24, 2.45) is 0 Å². The molecular weight excluding hydrogens is 377 g/mol. The summed E-state index contributed by atoms with van der Waals surface area (Å²) in [6.45, 7) is 2.20. The summed E-state index contributed by atoms with van der Waals surface area (Å²) in [7, 11) is 0. The van der Waals surface area contributed by atoms with Crippen molar-refractivity contribution in [1.82, 2.24) is 4.57 Å². The number of rotatable bonds is 8. The van der Waals surface area contributed by atoms with Gasteiger partial charge in [-0.15, -0.1) is 0 Å². The number of halogens is 2. The van der Waals surface area contributed by atoms with E-state index in [2.05, 4.69) is 4.74 Å². The number of aromatic nitrogens is 1. The first-order valence-corrected chi connectivity index (χ1v) is 8.65. The highest BCUT2D eigenvalue weighted by Crippen LogP contribution is 2.20. The van der Waals surface area contributed by atoms with Gasteiger partial charge in [0.1, 0.15) is 0 Å². The predicted octanol–water partition coefficient (Wildman–Crippen LogP) is 3.95. The van der Waals surface area contributed by atoms with Crippen LogP contribution in [0.25, 0.3) is 6.08 Å². The molecule has 7 heteroatoms. The normalized spacial score (nSPS) is 10.9. The molecular formula is C19H17Cl2NO4. The first kappa shape index (κ1) is 19.9. The number of hydrogen-bond donors (Lipinski definition) is 0. The Morgan fingerprint density at radius 1 is 1.15 bits per heavy atom. The summed E-state index contributed by atoms with van der Waals surface area (Å²) in [5.41, 5.74) is 1.68. The lowest BCUT2D eigenvalue weighted by Crippen LogP contribution is -2.19. The maximum absolute atomic E-state index is 11.9. The molecule has 0 radical (unpaired) electrons. The Bertz CT molecular complexity index is 835. The van der Waals surface area contributed by atoms with E-state index in [0.29, 0.717) is 16.6 Å². The fourth-order valence-electron chi connectivity index (χ4n) is 2.30. The van der Waals surface area contributed by atoms with Gasteiger partial charge in [0.25, 0.3) is 0 Å². The second-order valence-electron chi connectivity index (χ2n) is 5.46. The molecule has 1 aromatic heterocycles. The van der Waals surface area contributed by atoms with Crippen LogP contribution in [0.1, 0.15) is 24.6 Å². The van der Waals surface area contributed by atoms with Crippen LogP contribution in [0.5, 0.6) is 0 Å². The van der Waals surface area contributed by atoms with Crippen LogP contribution in [0.15, 0.2) is 42.6 Å². The molecule has 1 aromatic carbocycles. The average molecular weight is 394 g/mol. The molecule has 0 saturated carbocycles. The van der Waals surface area contributed by atoms with Gasteiger partial charge in [-0.2, -0.15) is 0 Å². The Hall–Kier alpha value is -2.37. The van der Waals surface area contributed by atoms with Crippen LogP contribution in [0.3, 0.4) is 0 Å². The molecule has 136 valence electrons. The molecule has 2 rings (SSSR count). The highest BCUT2D eigenvalue weighted by Gasteiger charge is 2.17. The molecule has 0 atom stereocenters. The van der Waals surface area contributed by atoms with Gasteiger partial charge in [-0.3, -0.25) is 9.59 Å². The van der Waals surface area contributed by atoms with Crippen molar-refractivity contribution >= 4 is 46.8 Å². The molecule has 0 aliphatic heterocycles. The van der Waals surface area contributed by atoms with Crippen molar-refractivity contribution in [3.63, 3.8) is 0 Å². The number of benzene rings is 1. The average Bonchev–Trinajstić information content (AvgIpc) is 2.99. The van der Waals surface area contributed by atoms with Crippen LogP contribution in [0.4, 0.5) is 0 Å². The fourth-order valence-corrected chi connectivity index (χ4v) is 2.87. The Kier molecular flexibility index (Phi) is 7.18. The van der Waals surface area contributed by atoms with Gasteiger partial charge in [0.2, 0.25) is 5.78 Å². The van der Waals surface area contributed by atoms with Gasteiger partial charge < -0.3 is 9.30 Å². The van der Waals surface area contributed by atoms with Gasteiger partial charge in [0.15, 0.2) is 5.78 Å². The van der Waals surface area contributed by atoms with Gasteiger partial charge in [-0.05, 0) is 55.0 Å². The van der Waals surface area contributed by atoms with Crippen LogP contribution in [-0.4, -0.2) is 28.7 Å². The summed E-state index contributed by atoms with van der Waals surface area (Å²) in [6, 6.07) is 8.93. The van der Waals surface area contributed by atoms with Crippen molar-refractivity contribution < 1.29 is 19.1 Å². The van der Waals surface area contributed by atoms with Gasteiger partial charge in [0, 0.05) is 28.5 Å². The van der Waals surface area contributed by atoms with Gasteiger partial charge >= 0.3 is 5.97 Å². The summed E-state index contributed by atoms with van der Waals surface area (Å²) >= 11 is 12.0. The summed E-state index contributed by atoms with van der Waals surface area (Å²) in [5, 5.41) is 1.09. The van der Waals surface area contributed by atoms with Crippen molar-refractivity contribution in [3.8, 4) is 0 Å². The maximum atomic E-state index is 11.9. The third kappa shape index (κ3) is 5.86. The quantitative estimate of drug-likeness (QED) is 0.294. The zero-order valence-electron chi connectivity index (χ0n) is 14.1. The SMILES string of the molecule is CCOC(=O)C(=O)CC(=O)/C=C/c1cccn1Cc1cc(Cl)cc(Cl)c1. The zero-order valence-corrected chi connectivity index (χ0v) is 15.6. The van der Waals surface area contributed by atoms with E-state index in [4.69, 9.17) is 23.2 Å². The molecule has 0 fully saturated rings. The molecule has 0 unspecified atom stereocenters. The minimum Gasteiger partial charge on any atom is -0.460 e. The van der Waals surface area contributed by atoms with E-state index < -0.39 is 24.0 Å². The Morgan fingerprint density at radius 3 is 2.50 bits per heavy atom. The summed E-state index contributed by atoms with van der Waals surface area (Å²) < 4.78 is 6.47. The second kappa shape index (κ2) is 9.36. The highest BCUT2D eigenvalue weighted by molar-refractivity contribution is 6.37. The summed E-state index contributed by atoms with van der Waals surface area (Å²) in [5.74, 6) is -2.32. The molecule has 0 bridgehead atoms. The first-order valence-electron chi connectivity index (χ1n) is 7.90. The fraction of sp³-hybridized carbons (Fsp3) is 0.211. The van der Waals surface area contributed by atoms with Crippen molar-refractivity contribution in [2.75, 3.05) is 6.61 Å². The molecule has 5 nitrogen and oxygen atoms in total. The van der Waals surface area contributed by atoms with E-state index >= 15 is 0 Å². The van der Waals surface area contributed by atoms with Crippen molar-refractivity contribution in [3.05, 3.63) is 63.9 Å². The van der Waals surface area contributed by atoms with E-state index in [1.807, 2.05) is 35.0 Å². The third-order valence-electron chi connectivity index (χ3n) is 3.42. The second-order valence-corrected chi connectivity index (χ2v) is 6.33. The number of nitrogens with zero attached hydrogens (tertiary/aromatic N) is 1. The van der Waals surface area contributed by atoms with Crippen molar-refractivity contribution in [1.29, 1.82) is 0 Å². The molecule has 0 saturated heterocycles. The van der Waals surface area contributed by atoms with Crippen LogP contribution in [0, 0.1) is 0 Å². The van der Waals surface area contributed by atoms with Crippen LogP contribution in [0.2, 0.25) is 10.0 Å². The molecule has 0 N–H and O–H groups in total. The number of esters is 1. The number of carbonyl (C=O) groups excluding carboxylic acids is 3. The lowest BCUT2D eigenvalue weighted by atomic mass is 10.2. The molecule has 0 aliphatic rings. The number of hydrogen-bond acceptors (Lipinski definition) is 4. The number of carbonyl (C=O) groups is 3. The number of ether oxygens (including phenoxy) is 1. The van der Waals surface area contributed by atoms with E-state index in [1.54, 1.807) is 19.1 Å². The molecule has 26 heavy (non-hydrogen) atoms. The minimum atomic E-state index is -0.990. The highest BCUT2D eigenvalue weighted by atomic mass is 35.5. The van der Waals surface area contributed by atoms with E-state index in [1.165, 1.54) is 6.08 Å². The minimum absolute atomic E-state index is 0.0929. The lowest BCUT2D eigenvalue weighted by molar-refractivity contribution is -0.154. The van der Waals surface area contributed by atoms with Crippen LogP contribution < -0.4 is 0 Å². The predicted molar refractivity (Wildman–Crippen MR) is 100 cm³/mol. The van der Waals surface area contributed by atoms with Gasteiger partial charge in [-0.1, -0.05) is 23.2 Å². The monoisotopic (exact) mass is 393 g/mol. The first-order chi connectivity index (χ1) is 12.4. The smallest absolute Gasteiger partial charge is 0.375 e. The molecule has 2 aromatic rings. The Balaban J connectivity index is 2.03. The van der Waals surface area contributed by atoms with Crippen LogP contribution >= 0.6 is 23.2 Å². The lowest BCUT2D eigenvalue weighted by Gasteiger charge is -2.08. The summed E-state index contributed by atoms with van der Waals surface area (Å²) in [6.07, 6.45) is 4.20. The number of Topliss-reactive ketones (excluding diaryl/α,β-unsaturated/α-hetero) is 1. The molecule has 1 heterocycles. The largest absolute Gasteiger partial charge is 0.460 e. The topological polar surface area (TPSA) is 65.4 Å². The van der Waals surface area contributed by atoms with Crippen LogP contribution in [-0.2, 0) is 25.7 Å². The zero-order chi connectivity index (χ0) is 19.1. The van der Waals surface area contributed by atoms with Crippen molar-refractivity contribution in [2.45, 2.75) is 19.9 Å². The van der Waals surface area contributed by atoms with E-state index in [9.17, 15) is 14.4 Å². The number of allylic oxidation sites excluding steroid dienone is 1. The Morgan fingerprint density at radius 2 is 1.85 bits per heavy atom. The van der Waals surface area contributed by atoms with Gasteiger partial charge in [-0.25, -0.2) is 4.79 Å². The van der Waals surface area contributed by atoms with E-state index in [0.717, 1.165) is 11.3 Å². The molecule has 0 spiro atoms.